The Morgan fingerprint density at radius 2 is 1.96 bits per heavy atom. The molecule has 0 fully saturated rings. The van der Waals surface area contributed by atoms with E-state index in [-0.39, 0.29) is 24.3 Å². The minimum Gasteiger partial charge on any atom is -0.337 e. The number of thiophene rings is 1. The van der Waals surface area contributed by atoms with Crippen LogP contribution in [0, 0.1) is 6.92 Å². The summed E-state index contributed by atoms with van der Waals surface area (Å²) in [5, 5.41) is 0.706. The van der Waals surface area contributed by atoms with Gasteiger partial charge in [0.05, 0.1) is 18.5 Å². The molecule has 1 aromatic heterocycles. The van der Waals surface area contributed by atoms with Crippen molar-refractivity contribution in [2.75, 3.05) is 32.1 Å². The average molecular weight is 398 g/mol. The molecule has 2 aliphatic rings. The van der Waals surface area contributed by atoms with Crippen molar-refractivity contribution in [3.63, 3.8) is 0 Å². The van der Waals surface area contributed by atoms with Crippen molar-refractivity contribution in [3.05, 3.63) is 51.4 Å². The number of anilines is 1. The summed E-state index contributed by atoms with van der Waals surface area (Å²) in [4.78, 5) is 43.9. The highest BCUT2D eigenvalue weighted by Gasteiger charge is 2.36. The third kappa shape index (κ3) is 3.20. The highest BCUT2D eigenvalue weighted by Crippen LogP contribution is 2.40. The zero-order valence-electron chi connectivity index (χ0n) is 16.3. The van der Waals surface area contributed by atoms with Gasteiger partial charge in [0.2, 0.25) is 11.8 Å². The quantitative estimate of drug-likeness (QED) is 0.781. The molecule has 0 atom stereocenters. The second kappa shape index (κ2) is 7.05. The third-order valence-corrected chi connectivity index (χ3v) is 6.73. The number of nitrogens with zero attached hydrogens (tertiary/aromatic N) is 3. The Balaban J connectivity index is 1.59. The number of rotatable bonds is 2. The van der Waals surface area contributed by atoms with E-state index in [1.54, 1.807) is 19.0 Å². The maximum absolute atomic E-state index is 12.8. The Hall–Kier alpha value is -2.67. The van der Waals surface area contributed by atoms with Crippen molar-refractivity contribution in [1.29, 1.82) is 0 Å². The van der Waals surface area contributed by atoms with Crippen LogP contribution < -0.4 is 4.90 Å². The van der Waals surface area contributed by atoms with E-state index >= 15 is 0 Å². The lowest BCUT2D eigenvalue weighted by molar-refractivity contribution is -0.131. The molecule has 1 aromatic carbocycles. The van der Waals surface area contributed by atoms with Gasteiger partial charge in [0.15, 0.2) is 0 Å². The van der Waals surface area contributed by atoms with Crippen LogP contribution >= 0.6 is 11.3 Å². The molecule has 2 aromatic rings. The minimum absolute atomic E-state index is 0.0899. The summed E-state index contributed by atoms with van der Waals surface area (Å²) in [6, 6.07) is 8.00. The molecule has 2 aliphatic heterocycles. The van der Waals surface area contributed by atoms with Gasteiger partial charge in [-0.3, -0.25) is 14.4 Å². The molecule has 7 heteroatoms. The number of aryl methyl sites for hydroxylation is 1. The van der Waals surface area contributed by atoms with Crippen LogP contribution in [0.15, 0.2) is 24.3 Å². The second-order valence-corrected chi connectivity index (χ2v) is 8.61. The summed E-state index contributed by atoms with van der Waals surface area (Å²) in [6.45, 7) is 3.20. The first-order valence-electron chi connectivity index (χ1n) is 9.35. The molecule has 4 rings (SSSR count). The van der Waals surface area contributed by atoms with Crippen LogP contribution in [0.25, 0.3) is 0 Å². The highest BCUT2D eigenvalue weighted by atomic mass is 32.1. The molecule has 0 bridgehead atoms. The lowest BCUT2D eigenvalue weighted by Gasteiger charge is -2.27. The van der Waals surface area contributed by atoms with Gasteiger partial charge in [-0.15, -0.1) is 11.3 Å². The number of hydrogen-bond acceptors (Lipinski definition) is 4. The zero-order valence-corrected chi connectivity index (χ0v) is 17.1. The lowest BCUT2D eigenvalue weighted by Crippen LogP contribution is -2.37. The molecule has 0 aliphatic carbocycles. The second-order valence-electron chi connectivity index (χ2n) is 7.53. The van der Waals surface area contributed by atoms with E-state index in [0.717, 1.165) is 21.6 Å². The molecule has 28 heavy (non-hydrogen) atoms. The molecule has 146 valence electrons. The largest absolute Gasteiger partial charge is 0.337 e. The molecule has 3 amide bonds. The van der Waals surface area contributed by atoms with Crippen molar-refractivity contribution in [2.45, 2.75) is 26.3 Å². The predicted molar refractivity (Wildman–Crippen MR) is 109 cm³/mol. The molecule has 0 saturated carbocycles. The van der Waals surface area contributed by atoms with Crippen molar-refractivity contribution in [1.82, 2.24) is 9.80 Å². The Morgan fingerprint density at radius 1 is 1.18 bits per heavy atom. The number of carbonyl (C=O) groups excluding carboxylic acids is 3. The first-order chi connectivity index (χ1) is 13.3. The van der Waals surface area contributed by atoms with E-state index in [1.165, 1.54) is 16.2 Å². The van der Waals surface area contributed by atoms with E-state index in [4.69, 9.17) is 0 Å². The summed E-state index contributed by atoms with van der Waals surface area (Å²) in [5.41, 5.74) is 3.79. The first kappa shape index (κ1) is 18.7. The fourth-order valence-corrected chi connectivity index (χ4v) is 5.18. The summed E-state index contributed by atoms with van der Waals surface area (Å²) >= 11 is 1.46. The van der Waals surface area contributed by atoms with Gasteiger partial charge in [0.25, 0.3) is 5.91 Å². The van der Waals surface area contributed by atoms with Gasteiger partial charge in [-0.2, -0.15) is 0 Å². The van der Waals surface area contributed by atoms with E-state index in [2.05, 4.69) is 0 Å². The number of benzene rings is 1. The van der Waals surface area contributed by atoms with Crippen molar-refractivity contribution in [2.24, 2.45) is 0 Å². The Bertz CT molecular complexity index is 981. The number of likely N-dealkylation sites (N-methyl/N-ethyl adjacent to an activating group) is 2. The van der Waals surface area contributed by atoms with E-state index in [1.807, 2.05) is 36.1 Å². The maximum Gasteiger partial charge on any atom is 0.257 e. The topological polar surface area (TPSA) is 60.9 Å². The van der Waals surface area contributed by atoms with Crippen LogP contribution in [0.2, 0.25) is 0 Å². The zero-order chi connectivity index (χ0) is 20.0. The third-order valence-electron chi connectivity index (χ3n) is 5.44. The predicted octanol–water partition coefficient (Wildman–Crippen LogP) is 2.23. The van der Waals surface area contributed by atoms with Crippen LogP contribution in [0.4, 0.5) is 5.00 Å². The summed E-state index contributed by atoms with van der Waals surface area (Å²) in [7, 11) is 3.38. The van der Waals surface area contributed by atoms with Gasteiger partial charge in [-0.1, -0.05) is 29.8 Å². The van der Waals surface area contributed by atoms with E-state index in [0.29, 0.717) is 36.5 Å². The van der Waals surface area contributed by atoms with Gasteiger partial charge in [-0.05, 0) is 24.5 Å². The molecule has 3 heterocycles. The standard InChI is InChI=1S/C21H23N3O3S/c1-13-5-4-6-14(9-13)10-17(25)24-8-7-15-16(11-24)28-21-19(15)20(27)22(2)12-18(26)23(21)3/h4-6,9H,7-8,10-12H2,1-3H3. The fourth-order valence-electron chi connectivity index (χ4n) is 3.85. The number of carbonyl (C=O) groups is 3. The van der Waals surface area contributed by atoms with Crippen LogP contribution in [-0.2, 0) is 29.0 Å². The summed E-state index contributed by atoms with van der Waals surface area (Å²) < 4.78 is 0. The Kier molecular flexibility index (Phi) is 4.71. The smallest absolute Gasteiger partial charge is 0.257 e. The highest BCUT2D eigenvalue weighted by molar-refractivity contribution is 7.17. The average Bonchev–Trinajstić information content (AvgIpc) is 3.01. The number of amides is 3. The molecule has 0 saturated heterocycles. The van der Waals surface area contributed by atoms with Gasteiger partial charge in [-0.25, -0.2) is 0 Å². The van der Waals surface area contributed by atoms with Crippen LogP contribution in [-0.4, -0.2) is 54.7 Å². The molecule has 0 spiro atoms. The lowest BCUT2D eigenvalue weighted by atomic mass is 10.0. The molecule has 0 N–H and O–H groups in total. The minimum atomic E-state index is -0.107. The molecule has 6 nitrogen and oxygen atoms in total. The van der Waals surface area contributed by atoms with Gasteiger partial charge < -0.3 is 14.7 Å². The summed E-state index contributed by atoms with van der Waals surface area (Å²) in [6.07, 6.45) is 1.02. The first-order valence-corrected chi connectivity index (χ1v) is 10.2. The van der Waals surface area contributed by atoms with Crippen LogP contribution in [0.3, 0.4) is 0 Å². The Labute approximate surface area is 168 Å². The number of hydrogen-bond donors (Lipinski definition) is 0. The van der Waals surface area contributed by atoms with Crippen LogP contribution in [0.5, 0.6) is 0 Å². The van der Waals surface area contributed by atoms with E-state index < -0.39 is 0 Å². The SMILES string of the molecule is Cc1cccc(CC(=O)N2CCc3c(sc4c3C(=O)N(C)CC(=O)N4C)C2)c1. The fraction of sp³-hybridized carbons (Fsp3) is 0.381. The normalized spacial score (nSPS) is 16.8. The van der Waals surface area contributed by atoms with Gasteiger partial charge >= 0.3 is 0 Å². The summed E-state index contributed by atoms with van der Waals surface area (Å²) in [5.74, 6) is -0.113. The van der Waals surface area contributed by atoms with Gasteiger partial charge in [0, 0.05) is 25.5 Å². The van der Waals surface area contributed by atoms with Crippen molar-refractivity contribution in [3.8, 4) is 0 Å². The van der Waals surface area contributed by atoms with Crippen LogP contribution in [0.1, 0.15) is 31.9 Å². The molecular formula is C21H23N3O3S. The molecule has 0 unspecified atom stereocenters. The Morgan fingerprint density at radius 3 is 2.71 bits per heavy atom. The van der Waals surface area contributed by atoms with E-state index in [9.17, 15) is 14.4 Å². The van der Waals surface area contributed by atoms with Crippen molar-refractivity contribution >= 4 is 34.1 Å². The van der Waals surface area contributed by atoms with Gasteiger partial charge in [0.1, 0.15) is 11.5 Å². The molecular weight excluding hydrogens is 374 g/mol. The monoisotopic (exact) mass is 397 g/mol. The van der Waals surface area contributed by atoms with Crippen molar-refractivity contribution < 1.29 is 14.4 Å². The number of fused-ring (bicyclic) bond motifs is 3. The maximum atomic E-state index is 12.8. The molecule has 0 radical (unpaired) electrons.